The maximum Gasteiger partial charge on any atom is 0.319 e. The highest BCUT2D eigenvalue weighted by Gasteiger charge is 2.56. The Bertz CT molecular complexity index is 2080. The Morgan fingerprint density at radius 3 is 2.72 bits per heavy atom. The highest BCUT2D eigenvalue weighted by molar-refractivity contribution is 6.04. The van der Waals surface area contributed by atoms with Crippen molar-refractivity contribution < 1.29 is 41.3 Å². The Labute approximate surface area is 271 Å². The number of aromatic nitrogens is 3. The predicted molar refractivity (Wildman–Crippen MR) is 163 cm³/mol. The van der Waals surface area contributed by atoms with E-state index in [0.29, 0.717) is 44.8 Å². The zero-order valence-electron chi connectivity index (χ0n) is 28.9. The van der Waals surface area contributed by atoms with E-state index in [1.807, 2.05) is 0 Å². The Morgan fingerprint density at radius 2 is 1.89 bits per heavy atom. The van der Waals surface area contributed by atoms with Crippen molar-refractivity contribution in [3.8, 4) is 23.0 Å². The first kappa shape index (κ1) is 26.0. The minimum atomic E-state index is -3.97. The lowest BCUT2D eigenvalue weighted by molar-refractivity contribution is 0.107. The van der Waals surface area contributed by atoms with Crippen LogP contribution in [0.25, 0.3) is 32.9 Å². The van der Waals surface area contributed by atoms with Gasteiger partial charge in [0.1, 0.15) is 38.7 Å². The summed E-state index contributed by atoms with van der Waals surface area (Å²) >= 11 is 0. The van der Waals surface area contributed by atoms with Gasteiger partial charge in [-0.3, -0.25) is 9.88 Å². The number of nitrogens with two attached hydrogens (primary N) is 1. The molecule has 2 N–H and O–H groups in total. The van der Waals surface area contributed by atoms with Crippen molar-refractivity contribution in [2.24, 2.45) is 5.92 Å². The van der Waals surface area contributed by atoms with Crippen LogP contribution < -0.4 is 20.1 Å². The van der Waals surface area contributed by atoms with Crippen LogP contribution >= 0.6 is 0 Å². The molecule has 5 heterocycles. The average molecular weight is 663 g/mol. The number of nitrogens with zero attached hydrogens (tertiary/aromatic N) is 5. The number of pyridine rings is 1. The van der Waals surface area contributed by atoms with Crippen LogP contribution in [-0.2, 0) is 0 Å². The third-order valence-corrected chi connectivity index (χ3v) is 9.93. The molecule has 5 atom stereocenters. The molecule has 0 amide bonds. The van der Waals surface area contributed by atoms with E-state index >= 15 is 13.2 Å². The fourth-order valence-corrected chi connectivity index (χ4v) is 7.77. The zero-order valence-corrected chi connectivity index (χ0v) is 24.9. The highest BCUT2D eigenvalue weighted by Crippen LogP contribution is 2.48. The van der Waals surface area contributed by atoms with E-state index in [1.165, 1.54) is 12.3 Å². The van der Waals surface area contributed by atoms with Crippen molar-refractivity contribution in [2.45, 2.75) is 62.4 Å². The minimum Gasteiger partial charge on any atom is -0.461 e. The SMILES string of the molecule is [2H]C([2H])(F)Oc1c(F)c(F)cc2cc(N)cc(-c3ncc4c(N5CCCC[C@H]6[C@H](F)[C@H]65)nc(OC([2H])([2H])[C@@]56CCCN5C[C@H](F)C6)nc4c3F)c12. The number of rotatable bonds is 7. The van der Waals surface area contributed by atoms with Gasteiger partial charge in [0.2, 0.25) is 12.6 Å². The van der Waals surface area contributed by atoms with E-state index in [9.17, 15) is 13.2 Å². The molecule has 248 valence electrons. The quantitative estimate of drug-likeness (QED) is 0.179. The fraction of sp³-hybridized carbons (Fsp3) is 0.485. The van der Waals surface area contributed by atoms with Crippen molar-refractivity contribution >= 4 is 33.2 Å². The predicted octanol–water partition coefficient (Wildman–Crippen LogP) is 6.43. The van der Waals surface area contributed by atoms with E-state index in [-0.39, 0.29) is 46.7 Å². The van der Waals surface area contributed by atoms with Crippen LogP contribution in [0.1, 0.15) is 44.0 Å². The standard InChI is InChI=1S/C33H32F6N6O2/c34-15-47-30-23-16(9-22(36)25(30)38)8-18(40)10-20(23)27-26(39)28-21(12-41-27)31(45-7-2-1-4-19-24(37)29(19)45)43-32(42-28)46-14-33-5-3-6-44(33)13-17(35)11-33/h8-10,12,17,19,24,29H,1-7,11,13-15,40H2/t17-,19+,24+,29+,33+/m1/s1/i14D2,15D2. The fourth-order valence-electron chi connectivity index (χ4n) is 7.77. The molecule has 0 radical (unpaired) electrons. The minimum absolute atomic E-state index is 0.0104. The maximum absolute atomic E-state index is 17.0. The van der Waals surface area contributed by atoms with Crippen LogP contribution in [0.15, 0.2) is 24.4 Å². The molecule has 4 aliphatic rings. The third-order valence-electron chi connectivity index (χ3n) is 9.93. The first-order valence-electron chi connectivity index (χ1n) is 17.5. The molecule has 1 aliphatic carbocycles. The second-order valence-electron chi connectivity index (χ2n) is 12.7. The van der Waals surface area contributed by atoms with Crippen molar-refractivity contribution in [3.63, 3.8) is 0 Å². The van der Waals surface area contributed by atoms with Gasteiger partial charge in [-0.2, -0.15) is 14.4 Å². The summed E-state index contributed by atoms with van der Waals surface area (Å²) in [4.78, 5) is 16.4. The van der Waals surface area contributed by atoms with Crippen LogP contribution in [0.5, 0.6) is 11.8 Å². The molecule has 4 aromatic rings. The molecule has 8 nitrogen and oxygen atoms in total. The summed E-state index contributed by atoms with van der Waals surface area (Å²) in [7, 11) is 0. The van der Waals surface area contributed by atoms with Crippen LogP contribution in [0.2, 0.25) is 0 Å². The number of hydrogen-bond donors (Lipinski definition) is 1. The molecule has 8 rings (SSSR count). The van der Waals surface area contributed by atoms with Gasteiger partial charge in [-0.25, -0.2) is 22.0 Å². The largest absolute Gasteiger partial charge is 0.461 e. The van der Waals surface area contributed by atoms with Gasteiger partial charge < -0.3 is 20.1 Å². The smallest absolute Gasteiger partial charge is 0.319 e. The summed E-state index contributed by atoms with van der Waals surface area (Å²) in [5, 5.41) is -0.628. The first-order chi connectivity index (χ1) is 24.1. The Balaban J connectivity index is 1.33. The lowest BCUT2D eigenvalue weighted by Crippen LogP contribution is -2.43. The Kier molecular flexibility index (Phi) is 6.23. The summed E-state index contributed by atoms with van der Waals surface area (Å²) in [6, 6.07) is 1.82. The lowest BCUT2D eigenvalue weighted by Gasteiger charge is -2.31. The molecule has 0 unspecified atom stereocenters. The number of ether oxygens (including phenoxy) is 2. The molecule has 3 saturated heterocycles. The van der Waals surface area contributed by atoms with Gasteiger partial charge >= 0.3 is 6.01 Å². The Hall–Kier alpha value is -4.07. The van der Waals surface area contributed by atoms with Gasteiger partial charge in [-0.05, 0) is 55.8 Å². The topological polar surface area (TPSA) is 89.6 Å². The van der Waals surface area contributed by atoms with Gasteiger partial charge in [0.25, 0.3) is 0 Å². The molecule has 47 heavy (non-hydrogen) atoms. The molecular weight excluding hydrogens is 626 g/mol. The highest BCUT2D eigenvalue weighted by atomic mass is 19.2. The summed E-state index contributed by atoms with van der Waals surface area (Å²) in [6.07, 6.45) is 1.51. The molecule has 14 heteroatoms. The summed E-state index contributed by atoms with van der Waals surface area (Å²) in [6.45, 7) is -5.70. The van der Waals surface area contributed by atoms with Crippen LogP contribution in [0, 0.1) is 23.4 Å². The number of hydrogen-bond acceptors (Lipinski definition) is 8. The van der Waals surface area contributed by atoms with Crippen molar-refractivity contribution in [2.75, 3.05) is 43.6 Å². The second kappa shape index (κ2) is 11.3. The van der Waals surface area contributed by atoms with Gasteiger partial charge in [-0.15, -0.1) is 0 Å². The number of benzene rings is 2. The number of anilines is 2. The lowest BCUT2D eigenvalue weighted by atomic mass is 9.95. The van der Waals surface area contributed by atoms with Gasteiger partial charge in [0.15, 0.2) is 17.4 Å². The number of fused-ring (bicyclic) bond motifs is 4. The van der Waals surface area contributed by atoms with E-state index in [0.717, 1.165) is 12.5 Å². The van der Waals surface area contributed by atoms with E-state index < -0.39 is 83.1 Å². The summed E-state index contributed by atoms with van der Waals surface area (Å²) in [5.41, 5.74) is 3.30. The average Bonchev–Trinajstić information content (AvgIpc) is 3.40. The molecular formula is C33H32F6N6O2. The van der Waals surface area contributed by atoms with Crippen LogP contribution in [0.4, 0.5) is 37.8 Å². The molecule has 0 spiro atoms. The second-order valence-corrected chi connectivity index (χ2v) is 12.7. The van der Waals surface area contributed by atoms with Crippen molar-refractivity contribution in [1.29, 1.82) is 0 Å². The van der Waals surface area contributed by atoms with E-state index in [1.54, 1.807) is 9.80 Å². The zero-order chi connectivity index (χ0) is 36.2. The van der Waals surface area contributed by atoms with Crippen LogP contribution in [0.3, 0.4) is 0 Å². The van der Waals surface area contributed by atoms with Crippen molar-refractivity contribution in [3.05, 3.63) is 41.8 Å². The maximum atomic E-state index is 17.0. The first-order valence-corrected chi connectivity index (χ1v) is 15.5. The molecule has 0 bridgehead atoms. The van der Waals surface area contributed by atoms with Gasteiger partial charge in [0.05, 0.1) is 19.7 Å². The van der Waals surface area contributed by atoms with Crippen molar-refractivity contribution in [1.82, 2.24) is 19.9 Å². The number of alkyl halides is 3. The molecule has 3 aliphatic heterocycles. The third kappa shape index (κ3) is 4.89. The summed E-state index contributed by atoms with van der Waals surface area (Å²) in [5.74, 6) is -5.89. The van der Waals surface area contributed by atoms with E-state index in [4.69, 9.17) is 16.0 Å². The van der Waals surface area contributed by atoms with E-state index in [2.05, 4.69) is 19.7 Å². The molecule has 2 aromatic carbocycles. The van der Waals surface area contributed by atoms with Gasteiger partial charge in [0, 0.05) is 48.3 Å². The van der Waals surface area contributed by atoms with Gasteiger partial charge in [-0.1, -0.05) is 6.42 Å². The van der Waals surface area contributed by atoms with Crippen LogP contribution in [-0.4, -0.2) is 76.8 Å². The molecule has 4 fully saturated rings. The monoisotopic (exact) mass is 662 g/mol. The number of nitrogen functional groups attached to an aromatic ring is 1. The Morgan fingerprint density at radius 1 is 1.04 bits per heavy atom. The molecule has 1 saturated carbocycles. The number of halogens is 6. The normalized spacial score (nSPS) is 29.1. The molecule has 2 aromatic heterocycles. The summed E-state index contributed by atoms with van der Waals surface area (Å²) < 4.78 is 133.